The Morgan fingerprint density at radius 2 is 2.12 bits per heavy atom. The van der Waals surface area contributed by atoms with E-state index in [1.54, 1.807) is 31.4 Å². The molecule has 0 aliphatic carbocycles. The maximum Gasteiger partial charge on any atom is 0.251 e. The van der Waals surface area contributed by atoms with Crippen LogP contribution in [0, 0.1) is 18.3 Å². The number of hydrogen-bond donors (Lipinski definition) is 2. The molecule has 1 amide bonds. The molecule has 3 aromatic rings. The van der Waals surface area contributed by atoms with Crippen LogP contribution < -0.4 is 10.1 Å². The van der Waals surface area contributed by atoms with Gasteiger partial charge in [0.05, 0.1) is 24.8 Å². The summed E-state index contributed by atoms with van der Waals surface area (Å²) in [7, 11) is 1.63. The molecule has 25 heavy (non-hydrogen) atoms. The predicted octanol–water partition coefficient (Wildman–Crippen LogP) is 3.85. The van der Waals surface area contributed by atoms with E-state index in [4.69, 9.17) is 10.00 Å². The van der Waals surface area contributed by atoms with Crippen LogP contribution in [0.25, 0.3) is 10.9 Å². The van der Waals surface area contributed by atoms with E-state index in [1.165, 1.54) is 0 Å². The molecular weight excluding hydrogens is 314 g/mol. The fourth-order valence-corrected chi connectivity index (χ4v) is 3.10. The highest BCUT2D eigenvalue weighted by Crippen LogP contribution is 2.35. The van der Waals surface area contributed by atoms with Crippen LogP contribution in [0.15, 0.2) is 42.6 Å². The average molecular weight is 333 g/mol. The predicted molar refractivity (Wildman–Crippen MR) is 96.6 cm³/mol. The Kier molecular flexibility index (Phi) is 4.44. The Balaban J connectivity index is 1.96. The van der Waals surface area contributed by atoms with Gasteiger partial charge in [-0.1, -0.05) is 6.07 Å². The number of nitrogens with one attached hydrogen (secondary N) is 2. The lowest BCUT2D eigenvalue weighted by Crippen LogP contribution is -2.27. The number of nitriles is 1. The molecule has 2 aromatic carbocycles. The fraction of sp³-hybridized carbons (Fsp3) is 0.200. The van der Waals surface area contributed by atoms with E-state index in [9.17, 15) is 4.79 Å². The van der Waals surface area contributed by atoms with Crippen molar-refractivity contribution in [1.29, 1.82) is 5.26 Å². The summed E-state index contributed by atoms with van der Waals surface area (Å²) in [5, 5.41) is 13.0. The van der Waals surface area contributed by atoms with Crippen molar-refractivity contribution in [3.8, 4) is 11.8 Å². The molecule has 0 aliphatic rings. The number of hydrogen-bond acceptors (Lipinski definition) is 3. The quantitative estimate of drug-likeness (QED) is 0.761. The van der Waals surface area contributed by atoms with Crippen molar-refractivity contribution in [1.82, 2.24) is 10.3 Å². The largest absolute Gasteiger partial charge is 0.496 e. The van der Waals surface area contributed by atoms with E-state index in [2.05, 4.69) is 10.3 Å². The van der Waals surface area contributed by atoms with Crippen molar-refractivity contribution < 1.29 is 9.53 Å². The first kappa shape index (κ1) is 16.6. The number of H-pyrrole nitrogens is 1. The Hall–Kier alpha value is -3.26. The van der Waals surface area contributed by atoms with Gasteiger partial charge in [0.25, 0.3) is 5.91 Å². The van der Waals surface area contributed by atoms with Crippen molar-refractivity contribution in [3.63, 3.8) is 0 Å². The van der Waals surface area contributed by atoms with Gasteiger partial charge in [-0.3, -0.25) is 4.79 Å². The molecule has 0 saturated carbocycles. The van der Waals surface area contributed by atoms with Gasteiger partial charge in [0.15, 0.2) is 0 Å². The lowest BCUT2D eigenvalue weighted by atomic mass is 9.99. The molecule has 1 unspecified atom stereocenters. The minimum atomic E-state index is -0.257. The lowest BCUT2D eigenvalue weighted by Gasteiger charge is -2.19. The third kappa shape index (κ3) is 3.07. The zero-order valence-corrected chi connectivity index (χ0v) is 14.4. The maximum absolute atomic E-state index is 12.6. The Morgan fingerprint density at radius 3 is 2.84 bits per heavy atom. The van der Waals surface area contributed by atoms with Crippen molar-refractivity contribution in [2.45, 2.75) is 19.9 Å². The van der Waals surface area contributed by atoms with Crippen LogP contribution in [0.3, 0.4) is 0 Å². The van der Waals surface area contributed by atoms with E-state index in [0.29, 0.717) is 11.1 Å². The number of benzene rings is 2. The van der Waals surface area contributed by atoms with E-state index < -0.39 is 0 Å². The summed E-state index contributed by atoms with van der Waals surface area (Å²) in [4.78, 5) is 15.8. The minimum absolute atomic E-state index is 0.226. The summed E-state index contributed by atoms with van der Waals surface area (Å²) in [6, 6.07) is 12.4. The Morgan fingerprint density at radius 1 is 1.32 bits per heavy atom. The van der Waals surface area contributed by atoms with E-state index in [-0.39, 0.29) is 11.9 Å². The zero-order valence-electron chi connectivity index (χ0n) is 14.4. The molecule has 0 fully saturated rings. The van der Waals surface area contributed by atoms with Gasteiger partial charge in [-0.2, -0.15) is 5.26 Å². The molecule has 5 nitrogen and oxygen atoms in total. The first-order chi connectivity index (χ1) is 12.0. The molecule has 1 heterocycles. The lowest BCUT2D eigenvalue weighted by molar-refractivity contribution is 0.0939. The number of carbonyl (C=O) groups is 1. The van der Waals surface area contributed by atoms with Gasteiger partial charge in [-0.05, 0) is 49.7 Å². The number of aromatic amines is 1. The SMILES string of the molecule is COc1cc(C)c2[nH]ccc2c1C(C)NC(=O)c1cccc(C#N)c1. The van der Waals surface area contributed by atoms with Gasteiger partial charge >= 0.3 is 0 Å². The van der Waals surface area contributed by atoms with Gasteiger partial charge in [0.2, 0.25) is 0 Å². The van der Waals surface area contributed by atoms with E-state index in [1.807, 2.05) is 38.2 Å². The molecule has 0 saturated heterocycles. The smallest absolute Gasteiger partial charge is 0.251 e. The Labute approximate surface area is 146 Å². The van der Waals surface area contributed by atoms with Crippen LogP contribution >= 0.6 is 0 Å². The molecule has 2 N–H and O–H groups in total. The van der Waals surface area contributed by atoms with E-state index >= 15 is 0 Å². The van der Waals surface area contributed by atoms with Gasteiger partial charge in [-0.15, -0.1) is 0 Å². The number of aryl methyl sites for hydroxylation is 1. The Bertz CT molecular complexity index is 982. The molecule has 0 radical (unpaired) electrons. The van der Waals surface area contributed by atoms with Crippen molar-refractivity contribution >= 4 is 16.8 Å². The van der Waals surface area contributed by atoms with Gasteiger partial charge in [0, 0.05) is 28.2 Å². The molecule has 1 atom stereocenters. The number of nitrogens with zero attached hydrogens (tertiary/aromatic N) is 1. The molecule has 0 spiro atoms. The summed E-state index contributed by atoms with van der Waals surface area (Å²) < 4.78 is 5.54. The molecule has 1 aromatic heterocycles. The number of rotatable bonds is 4. The third-order valence-corrected chi connectivity index (χ3v) is 4.30. The number of amides is 1. The molecule has 0 bridgehead atoms. The average Bonchev–Trinajstić information content (AvgIpc) is 3.11. The molecule has 126 valence electrons. The summed E-state index contributed by atoms with van der Waals surface area (Å²) in [6.45, 7) is 3.94. The number of fused-ring (bicyclic) bond motifs is 1. The summed E-state index contributed by atoms with van der Waals surface area (Å²) in [6.07, 6.45) is 1.88. The minimum Gasteiger partial charge on any atom is -0.496 e. The second kappa shape index (κ2) is 6.70. The highest BCUT2D eigenvalue weighted by atomic mass is 16.5. The van der Waals surface area contributed by atoms with E-state index in [0.717, 1.165) is 27.8 Å². The van der Waals surface area contributed by atoms with Gasteiger partial charge in [0.1, 0.15) is 5.75 Å². The number of aromatic nitrogens is 1. The normalized spacial score (nSPS) is 11.8. The highest BCUT2D eigenvalue weighted by molar-refractivity contribution is 5.95. The monoisotopic (exact) mass is 333 g/mol. The standard InChI is InChI=1S/C20H19N3O2/c1-12-9-17(25-3)18(16-7-8-22-19(12)16)13(2)23-20(24)15-6-4-5-14(10-15)11-21/h4-10,13,22H,1-3H3,(H,23,24). The number of methoxy groups -OCH3 is 1. The van der Waals surface area contributed by atoms with Crippen LogP contribution in [0.2, 0.25) is 0 Å². The third-order valence-electron chi connectivity index (χ3n) is 4.30. The molecule has 5 heteroatoms. The molecular formula is C20H19N3O2. The second-order valence-electron chi connectivity index (χ2n) is 5.96. The highest BCUT2D eigenvalue weighted by Gasteiger charge is 2.20. The van der Waals surface area contributed by atoms with Crippen LogP contribution in [0.4, 0.5) is 0 Å². The summed E-state index contributed by atoms with van der Waals surface area (Å²) in [5.41, 5.74) is 3.96. The second-order valence-corrected chi connectivity index (χ2v) is 5.96. The van der Waals surface area contributed by atoms with Crippen molar-refractivity contribution in [3.05, 3.63) is 64.8 Å². The maximum atomic E-state index is 12.6. The van der Waals surface area contributed by atoms with Crippen LogP contribution in [-0.2, 0) is 0 Å². The first-order valence-electron chi connectivity index (χ1n) is 8.00. The zero-order chi connectivity index (χ0) is 18.0. The van der Waals surface area contributed by atoms with Crippen LogP contribution in [0.5, 0.6) is 5.75 Å². The first-order valence-corrected chi connectivity index (χ1v) is 8.00. The fourth-order valence-electron chi connectivity index (χ4n) is 3.10. The number of ether oxygens (including phenoxy) is 1. The molecule has 0 aliphatic heterocycles. The van der Waals surface area contributed by atoms with Crippen LogP contribution in [-0.4, -0.2) is 18.0 Å². The van der Waals surface area contributed by atoms with Gasteiger partial charge in [-0.25, -0.2) is 0 Å². The van der Waals surface area contributed by atoms with Gasteiger partial charge < -0.3 is 15.0 Å². The summed E-state index contributed by atoms with van der Waals surface area (Å²) in [5.74, 6) is 0.513. The van der Waals surface area contributed by atoms with Crippen LogP contribution in [0.1, 0.15) is 40.0 Å². The number of carbonyl (C=O) groups excluding carboxylic acids is 1. The molecule has 3 rings (SSSR count). The van der Waals surface area contributed by atoms with Crippen molar-refractivity contribution in [2.75, 3.05) is 7.11 Å². The summed E-state index contributed by atoms with van der Waals surface area (Å²) >= 11 is 0. The topological polar surface area (TPSA) is 77.9 Å². The van der Waals surface area contributed by atoms with Crippen molar-refractivity contribution in [2.24, 2.45) is 0 Å².